The minimum Gasteiger partial charge on any atom is -0.392 e. The highest BCUT2D eigenvalue weighted by Crippen LogP contribution is 2.37. The van der Waals surface area contributed by atoms with E-state index in [2.05, 4.69) is 26.1 Å². The van der Waals surface area contributed by atoms with Gasteiger partial charge in [-0.2, -0.15) is 0 Å². The lowest BCUT2D eigenvalue weighted by Gasteiger charge is -2.35. The second kappa shape index (κ2) is 7.22. The summed E-state index contributed by atoms with van der Waals surface area (Å²) < 4.78 is 0. The SMILES string of the molecule is CC(C)CCC(C)NC(=O)C1(C(N)=S)CCCCC1. The number of thiocarbonyl (C=S) groups is 1. The molecule has 0 aliphatic heterocycles. The van der Waals surface area contributed by atoms with Gasteiger partial charge in [-0.25, -0.2) is 0 Å². The molecular weight excluding hydrogens is 256 g/mol. The molecule has 0 bridgehead atoms. The predicted octanol–water partition coefficient (Wildman–Crippen LogP) is 3.16. The summed E-state index contributed by atoms with van der Waals surface area (Å²) in [6, 6.07) is 0.197. The molecule has 1 fully saturated rings. The van der Waals surface area contributed by atoms with Crippen LogP contribution in [0.1, 0.15) is 65.7 Å². The van der Waals surface area contributed by atoms with Crippen molar-refractivity contribution in [1.29, 1.82) is 0 Å². The Morgan fingerprint density at radius 3 is 2.26 bits per heavy atom. The van der Waals surface area contributed by atoms with Gasteiger partial charge in [0, 0.05) is 6.04 Å². The molecule has 1 aliphatic carbocycles. The van der Waals surface area contributed by atoms with Crippen molar-refractivity contribution in [2.75, 3.05) is 0 Å². The van der Waals surface area contributed by atoms with Crippen LogP contribution in [-0.2, 0) is 4.79 Å². The van der Waals surface area contributed by atoms with Gasteiger partial charge in [0.1, 0.15) is 0 Å². The molecule has 3 N–H and O–H groups in total. The molecule has 1 saturated carbocycles. The summed E-state index contributed by atoms with van der Waals surface area (Å²) >= 11 is 5.18. The Balaban J connectivity index is 2.60. The van der Waals surface area contributed by atoms with Crippen molar-refractivity contribution in [2.45, 2.75) is 71.8 Å². The second-order valence-corrected chi connectivity index (χ2v) is 6.79. The van der Waals surface area contributed by atoms with Gasteiger partial charge in [-0.15, -0.1) is 0 Å². The minimum absolute atomic E-state index is 0.0518. The molecule has 0 aromatic rings. The molecule has 0 aromatic carbocycles. The molecular formula is C15H28N2OS. The number of carbonyl (C=O) groups excluding carboxylic acids is 1. The lowest BCUT2D eigenvalue weighted by molar-refractivity contribution is -0.129. The lowest BCUT2D eigenvalue weighted by Crippen LogP contribution is -2.52. The van der Waals surface area contributed by atoms with Crippen LogP contribution in [-0.4, -0.2) is 16.9 Å². The largest absolute Gasteiger partial charge is 0.392 e. The first-order chi connectivity index (χ1) is 8.88. The van der Waals surface area contributed by atoms with E-state index in [9.17, 15) is 4.79 Å². The minimum atomic E-state index is -0.584. The fraction of sp³-hybridized carbons (Fsp3) is 0.867. The van der Waals surface area contributed by atoms with Gasteiger partial charge in [0.05, 0.1) is 10.4 Å². The maximum atomic E-state index is 12.5. The third kappa shape index (κ3) is 4.44. The molecule has 3 nitrogen and oxygen atoms in total. The van der Waals surface area contributed by atoms with Crippen molar-refractivity contribution in [3.05, 3.63) is 0 Å². The Labute approximate surface area is 122 Å². The number of amides is 1. The molecule has 1 rings (SSSR count). The van der Waals surface area contributed by atoms with Crippen LogP contribution in [0.25, 0.3) is 0 Å². The maximum absolute atomic E-state index is 12.5. The van der Waals surface area contributed by atoms with Gasteiger partial charge in [-0.1, -0.05) is 45.3 Å². The Morgan fingerprint density at radius 1 is 1.21 bits per heavy atom. The standard InChI is InChI=1S/C15H28N2OS/c1-11(2)7-8-12(3)17-14(18)15(13(16)19)9-5-4-6-10-15/h11-12H,4-10H2,1-3H3,(H2,16,19)(H,17,18). The predicted molar refractivity (Wildman–Crippen MR) is 84.0 cm³/mol. The number of carbonyl (C=O) groups is 1. The van der Waals surface area contributed by atoms with E-state index >= 15 is 0 Å². The van der Waals surface area contributed by atoms with E-state index in [1.165, 1.54) is 6.42 Å². The van der Waals surface area contributed by atoms with E-state index in [1.807, 2.05) is 0 Å². The summed E-state index contributed by atoms with van der Waals surface area (Å²) in [5.41, 5.74) is 5.29. The van der Waals surface area contributed by atoms with Crippen molar-refractivity contribution in [3.63, 3.8) is 0 Å². The van der Waals surface area contributed by atoms with E-state index in [4.69, 9.17) is 18.0 Å². The maximum Gasteiger partial charge on any atom is 0.233 e. The highest BCUT2D eigenvalue weighted by atomic mass is 32.1. The molecule has 0 radical (unpaired) electrons. The van der Waals surface area contributed by atoms with Crippen LogP contribution in [0.4, 0.5) is 0 Å². The molecule has 1 amide bonds. The topological polar surface area (TPSA) is 55.1 Å². The number of hydrogen-bond donors (Lipinski definition) is 2. The summed E-state index contributed by atoms with van der Waals surface area (Å²) in [7, 11) is 0. The highest BCUT2D eigenvalue weighted by Gasteiger charge is 2.42. The van der Waals surface area contributed by atoms with Crippen molar-refractivity contribution in [3.8, 4) is 0 Å². The molecule has 110 valence electrons. The zero-order valence-electron chi connectivity index (χ0n) is 12.5. The first-order valence-electron chi connectivity index (χ1n) is 7.49. The van der Waals surface area contributed by atoms with E-state index < -0.39 is 5.41 Å². The van der Waals surface area contributed by atoms with Crippen LogP contribution in [0.3, 0.4) is 0 Å². The van der Waals surface area contributed by atoms with Gasteiger partial charge in [-0.05, 0) is 38.5 Å². The van der Waals surface area contributed by atoms with E-state index in [0.717, 1.165) is 38.5 Å². The van der Waals surface area contributed by atoms with Crippen LogP contribution in [0.2, 0.25) is 0 Å². The number of hydrogen-bond acceptors (Lipinski definition) is 2. The Hall–Kier alpha value is -0.640. The smallest absolute Gasteiger partial charge is 0.233 e. The first-order valence-corrected chi connectivity index (χ1v) is 7.90. The van der Waals surface area contributed by atoms with Gasteiger partial charge in [0.15, 0.2) is 0 Å². The Bertz CT molecular complexity index is 322. The molecule has 1 aliphatic rings. The zero-order chi connectivity index (χ0) is 14.5. The molecule has 1 unspecified atom stereocenters. The average Bonchev–Trinajstić information content (AvgIpc) is 2.36. The highest BCUT2D eigenvalue weighted by molar-refractivity contribution is 7.80. The fourth-order valence-corrected chi connectivity index (χ4v) is 3.05. The van der Waals surface area contributed by atoms with E-state index in [-0.39, 0.29) is 11.9 Å². The summed E-state index contributed by atoms with van der Waals surface area (Å²) in [6.07, 6.45) is 7.03. The zero-order valence-corrected chi connectivity index (χ0v) is 13.3. The van der Waals surface area contributed by atoms with Crippen molar-refractivity contribution < 1.29 is 4.79 Å². The van der Waals surface area contributed by atoms with Gasteiger partial charge in [0.2, 0.25) is 5.91 Å². The summed E-state index contributed by atoms with van der Waals surface area (Å²) in [4.78, 5) is 12.9. The molecule has 19 heavy (non-hydrogen) atoms. The molecule has 0 aromatic heterocycles. The molecule has 0 heterocycles. The summed E-state index contributed by atoms with van der Waals surface area (Å²) in [5, 5.41) is 3.12. The van der Waals surface area contributed by atoms with E-state index in [1.54, 1.807) is 0 Å². The van der Waals surface area contributed by atoms with Crippen LogP contribution < -0.4 is 11.1 Å². The van der Waals surface area contributed by atoms with Gasteiger partial charge in [0.25, 0.3) is 0 Å². The van der Waals surface area contributed by atoms with Crippen LogP contribution in [0.15, 0.2) is 0 Å². The third-order valence-electron chi connectivity index (χ3n) is 4.17. The number of nitrogens with two attached hydrogens (primary N) is 1. The summed E-state index contributed by atoms with van der Waals surface area (Å²) in [6.45, 7) is 6.47. The number of nitrogens with one attached hydrogen (secondary N) is 1. The van der Waals surface area contributed by atoms with Gasteiger partial charge < -0.3 is 11.1 Å². The van der Waals surface area contributed by atoms with Crippen LogP contribution >= 0.6 is 12.2 Å². The van der Waals surface area contributed by atoms with Crippen molar-refractivity contribution >= 4 is 23.1 Å². The third-order valence-corrected chi connectivity index (χ3v) is 4.56. The van der Waals surface area contributed by atoms with E-state index in [0.29, 0.717) is 10.9 Å². The molecule has 0 saturated heterocycles. The molecule has 0 spiro atoms. The van der Waals surface area contributed by atoms with Crippen LogP contribution in [0.5, 0.6) is 0 Å². The first kappa shape index (κ1) is 16.4. The van der Waals surface area contributed by atoms with Gasteiger partial charge in [-0.3, -0.25) is 4.79 Å². The monoisotopic (exact) mass is 284 g/mol. The van der Waals surface area contributed by atoms with Crippen molar-refractivity contribution in [2.24, 2.45) is 17.1 Å². The lowest BCUT2D eigenvalue weighted by atomic mass is 9.73. The van der Waals surface area contributed by atoms with Gasteiger partial charge >= 0.3 is 0 Å². The van der Waals surface area contributed by atoms with Crippen LogP contribution in [0, 0.1) is 11.3 Å². The average molecular weight is 284 g/mol. The Morgan fingerprint density at radius 2 is 1.79 bits per heavy atom. The Kier molecular flexibility index (Phi) is 6.24. The molecule has 4 heteroatoms. The number of rotatable bonds is 6. The quantitative estimate of drug-likeness (QED) is 0.737. The normalized spacial score (nSPS) is 20.0. The fourth-order valence-electron chi connectivity index (χ4n) is 2.76. The summed E-state index contributed by atoms with van der Waals surface area (Å²) in [5.74, 6) is 0.717. The van der Waals surface area contributed by atoms with Crippen molar-refractivity contribution in [1.82, 2.24) is 5.32 Å². The second-order valence-electron chi connectivity index (χ2n) is 6.35. The molecule has 1 atom stereocenters.